The number of amides is 3. The predicted molar refractivity (Wildman–Crippen MR) is 129 cm³/mol. The SMILES string of the molecule is CSCCC(N)C(=O)NC(Cc1ccc(O)cc1)C(=O)NC(CCC(=O)O)C(=O)NC(C)C(=O)O. The van der Waals surface area contributed by atoms with E-state index in [0.29, 0.717) is 17.7 Å². The van der Waals surface area contributed by atoms with Crippen LogP contribution in [-0.4, -0.2) is 81.2 Å². The summed E-state index contributed by atoms with van der Waals surface area (Å²) in [7, 11) is 0. The monoisotopic (exact) mass is 512 g/mol. The molecule has 0 aliphatic heterocycles. The molecule has 0 saturated heterocycles. The minimum Gasteiger partial charge on any atom is -0.508 e. The van der Waals surface area contributed by atoms with Crippen LogP contribution in [-0.2, 0) is 30.4 Å². The van der Waals surface area contributed by atoms with Crippen LogP contribution >= 0.6 is 11.8 Å². The third-order valence-corrected chi connectivity index (χ3v) is 5.63. The highest BCUT2D eigenvalue weighted by atomic mass is 32.2. The van der Waals surface area contributed by atoms with Crippen molar-refractivity contribution in [3.63, 3.8) is 0 Å². The van der Waals surface area contributed by atoms with Gasteiger partial charge in [0.1, 0.15) is 23.9 Å². The fourth-order valence-corrected chi connectivity index (χ4v) is 3.41. The van der Waals surface area contributed by atoms with E-state index in [4.69, 9.17) is 15.9 Å². The molecule has 4 unspecified atom stereocenters. The smallest absolute Gasteiger partial charge is 0.325 e. The van der Waals surface area contributed by atoms with Gasteiger partial charge < -0.3 is 37.0 Å². The number of hydrogen-bond acceptors (Lipinski definition) is 8. The zero-order valence-electron chi connectivity index (χ0n) is 19.5. The molecule has 0 spiro atoms. The average Bonchev–Trinajstić information content (AvgIpc) is 2.80. The molecule has 0 radical (unpaired) electrons. The summed E-state index contributed by atoms with van der Waals surface area (Å²) in [5, 5.41) is 34.7. The normalized spacial score (nSPS) is 14.1. The van der Waals surface area contributed by atoms with E-state index in [1.807, 2.05) is 6.26 Å². The number of rotatable bonds is 15. The molecule has 0 saturated carbocycles. The van der Waals surface area contributed by atoms with Gasteiger partial charge in [-0.1, -0.05) is 12.1 Å². The summed E-state index contributed by atoms with van der Waals surface area (Å²) in [6.07, 6.45) is 1.46. The summed E-state index contributed by atoms with van der Waals surface area (Å²) in [5.74, 6) is -4.11. The molecule has 13 heteroatoms. The van der Waals surface area contributed by atoms with Crippen LogP contribution < -0.4 is 21.7 Å². The number of benzene rings is 1. The number of nitrogens with one attached hydrogen (secondary N) is 3. The van der Waals surface area contributed by atoms with Crippen molar-refractivity contribution in [1.82, 2.24) is 16.0 Å². The van der Waals surface area contributed by atoms with E-state index < -0.39 is 60.2 Å². The standard InChI is InChI=1S/C22H32N4O8S/c1-12(22(33)34)24-20(31)16(7-8-18(28)29)25-21(32)17(11-13-3-5-14(27)6-4-13)26-19(30)15(23)9-10-35-2/h3-6,12,15-17,27H,7-11,23H2,1-2H3,(H,24,31)(H,25,32)(H,26,30)(H,28,29)(H,33,34). The quantitative estimate of drug-likeness (QED) is 0.159. The zero-order chi connectivity index (χ0) is 26.5. The first-order valence-electron chi connectivity index (χ1n) is 10.8. The van der Waals surface area contributed by atoms with E-state index >= 15 is 0 Å². The van der Waals surface area contributed by atoms with Crippen molar-refractivity contribution >= 4 is 41.4 Å². The lowest BCUT2D eigenvalue weighted by Gasteiger charge is -2.24. The van der Waals surface area contributed by atoms with Crippen molar-refractivity contribution in [2.24, 2.45) is 5.73 Å². The Kier molecular flexibility index (Phi) is 12.6. The van der Waals surface area contributed by atoms with Gasteiger partial charge in [0.2, 0.25) is 17.7 Å². The van der Waals surface area contributed by atoms with Gasteiger partial charge in [0, 0.05) is 12.8 Å². The molecule has 0 fully saturated rings. The van der Waals surface area contributed by atoms with Crippen LogP contribution in [0.5, 0.6) is 5.75 Å². The van der Waals surface area contributed by atoms with E-state index in [-0.39, 0.29) is 18.6 Å². The molecule has 1 rings (SSSR count). The van der Waals surface area contributed by atoms with Crippen molar-refractivity contribution in [3.8, 4) is 5.75 Å². The Morgan fingerprint density at radius 3 is 2.03 bits per heavy atom. The largest absolute Gasteiger partial charge is 0.508 e. The van der Waals surface area contributed by atoms with E-state index in [1.165, 1.54) is 30.8 Å². The molecule has 12 nitrogen and oxygen atoms in total. The Balaban J connectivity index is 3.08. The maximum absolute atomic E-state index is 13.1. The number of carbonyl (C=O) groups is 5. The number of carboxylic acid groups (broad SMARTS) is 2. The Labute approximate surface area is 207 Å². The Hall–Kier alpha value is -3.32. The second-order valence-corrected chi connectivity index (χ2v) is 8.87. The first-order valence-corrected chi connectivity index (χ1v) is 12.2. The number of thioether (sulfide) groups is 1. The number of carboxylic acids is 2. The summed E-state index contributed by atoms with van der Waals surface area (Å²) in [5.41, 5.74) is 6.49. The van der Waals surface area contributed by atoms with Crippen LogP contribution in [0.1, 0.15) is 31.7 Å². The molecule has 8 N–H and O–H groups in total. The van der Waals surface area contributed by atoms with Crippen LogP contribution in [0.3, 0.4) is 0 Å². The summed E-state index contributed by atoms with van der Waals surface area (Å²) < 4.78 is 0. The molecule has 1 aromatic rings. The fourth-order valence-electron chi connectivity index (χ4n) is 2.92. The van der Waals surface area contributed by atoms with E-state index in [9.17, 15) is 29.1 Å². The molecule has 0 aliphatic carbocycles. The molecule has 3 amide bonds. The Morgan fingerprint density at radius 1 is 0.914 bits per heavy atom. The van der Waals surface area contributed by atoms with Gasteiger partial charge in [0.25, 0.3) is 0 Å². The highest BCUT2D eigenvalue weighted by Gasteiger charge is 2.30. The predicted octanol–water partition coefficient (Wildman–Crippen LogP) is -0.561. The molecule has 0 heterocycles. The number of carbonyl (C=O) groups excluding carboxylic acids is 3. The molecular formula is C22H32N4O8S. The van der Waals surface area contributed by atoms with Crippen LogP contribution in [0.2, 0.25) is 0 Å². The number of phenolic OH excluding ortho intramolecular Hbond substituents is 1. The van der Waals surface area contributed by atoms with E-state index in [0.717, 1.165) is 0 Å². The minimum absolute atomic E-state index is 0.00804. The zero-order valence-corrected chi connectivity index (χ0v) is 20.3. The molecule has 0 aromatic heterocycles. The third-order valence-electron chi connectivity index (χ3n) is 4.99. The second kappa shape index (κ2) is 14.8. The highest BCUT2D eigenvalue weighted by molar-refractivity contribution is 7.98. The molecule has 194 valence electrons. The highest BCUT2D eigenvalue weighted by Crippen LogP contribution is 2.12. The average molecular weight is 513 g/mol. The number of aliphatic carboxylic acids is 2. The summed E-state index contributed by atoms with van der Waals surface area (Å²) in [6, 6.07) is 1.25. The molecule has 0 bridgehead atoms. The van der Waals surface area contributed by atoms with E-state index in [1.54, 1.807) is 12.1 Å². The van der Waals surface area contributed by atoms with Gasteiger partial charge >= 0.3 is 11.9 Å². The van der Waals surface area contributed by atoms with Gasteiger partial charge in [-0.2, -0.15) is 11.8 Å². The summed E-state index contributed by atoms with van der Waals surface area (Å²) >= 11 is 1.51. The van der Waals surface area contributed by atoms with Gasteiger partial charge in [-0.15, -0.1) is 0 Å². The fraction of sp³-hybridized carbons (Fsp3) is 0.500. The summed E-state index contributed by atoms with van der Waals surface area (Å²) in [6.45, 7) is 1.22. The van der Waals surface area contributed by atoms with Crippen LogP contribution in [0, 0.1) is 0 Å². The molecule has 4 atom stereocenters. The van der Waals surface area contributed by atoms with Crippen molar-refractivity contribution in [2.75, 3.05) is 12.0 Å². The van der Waals surface area contributed by atoms with Crippen molar-refractivity contribution < 1.29 is 39.3 Å². The Bertz CT molecular complexity index is 896. The van der Waals surface area contributed by atoms with Crippen LogP contribution in [0.4, 0.5) is 0 Å². The lowest BCUT2D eigenvalue weighted by Crippen LogP contribution is -2.57. The lowest BCUT2D eigenvalue weighted by molar-refractivity contribution is -0.142. The van der Waals surface area contributed by atoms with Gasteiger partial charge in [0.05, 0.1) is 6.04 Å². The first-order chi connectivity index (χ1) is 16.4. The van der Waals surface area contributed by atoms with Crippen molar-refractivity contribution in [3.05, 3.63) is 29.8 Å². The molecule has 0 aliphatic rings. The maximum Gasteiger partial charge on any atom is 0.325 e. The van der Waals surface area contributed by atoms with Gasteiger partial charge in [-0.3, -0.25) is 24.0 Å². The second-order valence-electron chi connectivity index (χ2n) is 7.88. The topological polar surface area (TPSA) is 208 Å². The van der Waals surface area contributed by atoms with Gasteiger partial charge in [-0.05, 0) is 49.5 Å². The first kappa shape index (κ1) is 29.7. The number of nitrogens with two attached hydrogens (primary N) is 1. The number of hydrogen-bond donors (Lipinski definition) is 7. The number of aromatic hydroxyl groups is 1. The molecular weight excluding hydrogens is 480 g/mol. The molecule has 1 aromatic carbocycles. The van der Waals surface area contributed by atoms with Crippen molar-refractivity contribution in [1.29, 1.82) is 0 Å². The number of phenols is 1. The molecule has 35 heavy (non-hydrogen) atoms. The van der Waals surface area contributed by atoms with E-state index in [2.05, 4.69) is 16.0 Å². The van der Waals surface area contributed by atoms with Gasteiger partial charge in [-0.25, -0.2) is 0 Å². The van der Waals surface area contributed by atoms with Crippen LogP contribution in [0.25, 0.3) is 0 Å². The minimum atomic E-state index is -1.36. The van der Waals surface area contributed by atoms with Crippen molar-refractivity contribution in [2.45, 2.75) is 56.8 Å². The van der Waals surface area contributed by atoms with Gasteiger partial charge in [0.15, 0.2) is 0 Å². The Morgan fingerprint density at radius 2 is 1.49 bits per heavy atom. The third kappa shape index (κ3) is 11.1. The lowest BCUT2D eigenvalue weighted by atomic mass is 10.0. The maximum atomic E-state index is 13.1. The van der Waals surface area contributed by atoms with Crippen LogP contribution in [0.15, 0.2) is 24.3 Å². The summed E-state index contributed by atoms with van der Waals surface area (Å²) in [4.78, 5) is 60.3.